The number of thiocarbonyl (C=S) groups is 2. The van der Waals surface area contributed by atoms with Crippen molar-refractivity contribution in [3.8, 4) is 0 Å². The van der Waals surface area contributed by atoms with E-state index in [2.05, 4.69) is 5.32 Å². The van der Waals surface area contributed by atoms with Gasteiger partial charge in [0.2, 0.25) is 0 Å². The minimum Gasteiger partial charge on any atom is -0.343 e. The Labute approximate surface area is 123 Å². The Hall–Kier alpha value is -1.33. The first-order valence-corrected chi connectivity index (χ1v) is 7.12. The number of benzene rings is 1. The molecule has 19 heavy (non-hydrogen) atoms. The number of nitrogens with one attached hydrogen (secondary N) is 1. The molecule has 1 saturated heterocycles. The fourth-order valence-corrected chi connectivity index (χ4v) is 3.33. The van der Waals surface area contributed by atoms with Crippen LogP contribution in [0.2, 0.25) is 0 Å². The van der Waals surface area contributed by atoms with E-state index < -0.39 is 0 Å². The van der Waals surface area contributed by atoms with Gasteiger partial charge in [0.25, 0.3) is 5.91 Å². The van der Waals surface area contributed by atoms with Gasteiger partial charge in [-0.25, -0.2) is 0 Å². The summed E-state index contributed by atoms with van der Waals surface area (Å²) in [5.74, 6) is 0.0840. The quantitative estimate of drug-likeness (QED) is 0.805. The average Bonchev–Trinajstić information content (AvgIpc) is 2.67. The van der Waals surface area contributed by atoms with E-state index >= 15 is 0 Å². The zero-order chi connectivity index (χ0) is 13.6. The molecule has 2 aliphatic heterocycles. The van der Waals surface area contributed by atoms with Crippen LogP contribution in [-0.2, 0) is 6.54 Å². The highest BCUT2D eigenvalue weighted by molar-refractivity contribution is 7.82. The number of rotatable bonds is 1. The second kappa shape index (κ2) is 4.65. The maximum atomic E-state index is 12.5. The molecule has 3 rings (SSSR count). The van der Waals surface area contributed by atoms with E-state index in [1.807, 2.05) is 30.0 Å². The van der Waals surface area contributed by atoms with Crippen LogP contribution in [0.5, 0.6) is 0 Å². The number of hydrogen-bond acceptors (Lipinski definition) is 3. The molecule has 98 valence electrons. The van der Waals surface area contributed by atoms with E-state index in [-0.39, 0.29) is 11.9 Å². The van der Waals surface area contributed by atoms with Crippen molar-refractivity contribution in [2.75, 3.05) is 0 Å². The van der Waals surface area contributed by atoms with Crippen LogP contribution in [0.15, 0.2) is 18.2 Å². The number of aryl methyl sites for hydroxylation is 1. The van der Waals surface area contributed by atoms with Crippen LogP contribution >= 0.6 is 24.4 Å². The normalized spacial score (nSPS) is 22.5. The second-order valence-electron chi connectivity index (χ2n) is 5.06. The summed E-state index contributed by atoms with van der Waals surface area (Å²) in [5, 5.41) is 3.03. The highest BCUT2D eigenvalue weighted by atomic mass is 32.1. The Morgan fingerprint density at radius 2 is 2.16 bits per heavy atom. The zero-order valence-electron chi connectivity index (χ0n) is 10.6. The largest absolute Gasteiger partial charge is 0.343 e. The average molecular weight is 290 g/mol. The summed E-state index contributed by atoms with van der Waals surface area (Å²) in [5.41, 5.74) is 3.02. The van der Waals surface area contributed by atoms with Gasteiger partial charge in [-0.2, -0.15) is 0 Å². The molecule has 0 radical (unpaired) electrons. The van der Waals surface area contributed by atoms with Gasteiger partial charge >= 0.3 is 0 Å². The van der Waals surface area contributed by atoms with Gasteiger partial charge in [0.15, 0.2) is 0 Å². The molecular weight excluding hydrogens is 276 g/mol. The van der Waals surface area contributed by atoms with Crippen LogP contribution in [-0.4, -0.2) is 26.8 Å². The van der Waals surface area contributed by atoms with Crippen molar-refractivity contribution in [3.63, 3.8) is 0 Å². The maximum absolute atomic E-state index is 12.5. The van der Waals surface area contributed by atoms with Crippen molar-refractivity contribution in [1.82, 2.24) is 10.2 Å². The van der Waals surface area contributed by atoms with Crippen LogP contribution in [0.4, 0.5) is 0 Å². The van der Waals surface area contributed by atoms with Gasteiger partial charge in [0, 0.05) is 18.5 Å². The predicted molar refractivity (Wildman–Crippen MR) is 82.4 cm³/mol. The fraction of sp³-hybridized carbons (Fsp3) is 0.357. The van der Waals surface area contributed by atoms with Gasteiger partial charge in [-0.1, -0.05) is 42.1 Å². The molecule has 1 amide bonds. The number of piperidine rings is 1. The minimum atomic E-state index is -0.0260. The van der Waals surface area contributed by atoms with Crippen molar-refractivity contribution in [3.05, 3.63) is 34.9 Å². The summed E-state index contributed by atoms with van der Waals surface area (Å²) in [6.07, 6.45) is 1.61. The highest BCUT2D eigenvalue weighted by Crippen LogP contribution is 2.28. The van der Waals surface area contributed by atoms with Crippen LogP contribution < -0.4 is 5.32 Å². The van der Waals surface area contributed by atoms with E-state index in [1.54, 1.807) is 0 Å². The Morgan fingerprint density at radius 3 is 2.89 bits per heavy atom. The first-order chi connectivity index (χ1) is 9.06. The summed E-state index contributed by atoms with van der Waals surface area (Å²) in [7, 11) is 0. The van der Waals surface area contributed by atoms with Crippen molar-refractivity contribution < 1.29 is 4.79 Å². The van der Waals surface area contributed by atoms with Gasteiger partial charge in [-0.05, 0) is 25.0 Å². The zero-order valence-corrected chi connectivity index (χ0v) is 12.2. The van der Waals surface area contributed by atoms with Crippen LogP contribution in [0.1, 0.15) is 34.3 Å². The molecule has 1 N–H and O–H groups in total. The number of nitrogens with zero attached hydrogens (tertiary/aromatic N) is 1. The number of carbonyl (C=O) groups excluding carboxylic acids is 1. The smallest absolute Gasteiger partial charge is 0.255 e. The molecule has 0 bridgehead atoms. The summed E-state index contributed by atoms with van der Waals surface area (Å²) >= 11 is 10.5. The highest BCUT2D eigenvalue weighted by Gasteiger charge is 2.36. The van der Waals surface area contributed by atoms with Crippen LogP contribution in [0.3, 0.4) is 0 Å². The van der Waals surface area contributed by atoms with Crippen molar-refractivity contribution in [2.24, 2.45) is 0 Å². The fourth-order valence-electron chi connectivity index (χ4n) is 2.67. The summed E-state index contributed by atoms with van der Waals surface area (Å²) < 4.78 is 0. The van der Waals surface area contributed by atoms with E-state index in [1.165, 1.54) is 0 Å². The third-order valence-electron chi connectivity index (χ3n) is 3.68. The van der Waals surface area contributed by atoms with Crippen molar-refractivity contribution in [1.29, 1.82) is 0 Å². The van der Waals surface area contributed by atoms with E-state index in [9.17, 15) is 4.79 Å². The van der Waals surface area contributed by atoms with Crippen LogP contribution in [0, 0.1) is 6.92 Å². The lowest BCUT2D eigenvalue weighted by Gasteiger charge is -2.32. The molecule has 0 spiro atoms. The lowest BCUT2D eigenvalue weighted by Crippen LogP contribution is -2.51. The molecule has 0 aliphatic carbocycles. The molecule has 2 aliphatic rings. The third-order valence-corrected chi connectivity index (χ3v) is 4.36. The van der Waals surface area contributed by atoms with Gasteiger partial charge in [0.1, 0.15) is 4.99 Å². The number of fused-ring (bicyclic) bond motifs is 1. The molecule has 2 heterocycles. The van der Waals surface area contributed by atoms with Gasteiger partial charge < -0.3 is 10.2 Å². The molecule has 3 nitrogen and oxygen atoms in total. The van der Waals surface area contributed by atoms with Crippen LogP contribution in [0.25, 0.3) is 0 Å². The Bertz CT molecular complexity index is 597. The third kappa shape index (κ3) is 2.17. The molecule has 1 aromatic rings. The summed E-state index contributed by atoms with van der Waals surface area (Å²) in [6.45, 7) is 2.65. The molecule has 5 heteroatoms. The molecule has 1 unspecified atom stereocenters. The van der Waals surface area contributed by atoms with Gasteiger partial charge in [-0.15, -0.1) is 0 Å². The first-order valence-electron chi connectivity index (χ1n) is 6.30. The second-order valence-corrected chi connectivity index (χ2v) is 5.99. The molecule has 1 fully saturated rings. The van der Waals surface area contributed by atoms with Gasteiger partial charge in [0.05, 0.1) is 11.0 Å². The topological polar surface area (TPSA) is 32.3 Å². The minimum absolute atomic E-state index is 0.0260. The molecular formula is C14H14N2OS2. The Morgan fingerprint density at radius 1 is 1.37 bits per heavy atom. The Balaban J connectivity index is 1.88. The lowest BCUT2D eigenvalue weighted by atomic mass is 10.1. The number of carbonyl (C=O) groups is 1. The summed E-state index contributed by atoms with van der Waals surface area (Å²) in [6, 6.07) is 6.01. The van der Waals surface area contributed by atoms with E-state index in [0.717, 1.165) is 34.5 Å². The van der Waals surface area contributed by atoms with E-state index in [4.69, 9.17) is 24.4 Å². The summed E-state index contributed by atoms with van der Waals surface area (Å²) in [4.78, 5) is 15.8. The lowest BCUT2D eigenvalue weighted by molar-refractivity contribution is 0.0742. The number of hydrogen-bond donors (Lipinski definition) is 1. The maximum Gasteiger partial charge on any atom is 0.255 e. The van der Waals surface area contributed by atoms with Crippen molar-refractivity contribution >= 4 is 40.3 Å². The monoisotopic (exact) mass is 290 g/mol. The first kappa shape index (κ1) is 12.7. The molecule has 1 aromatic carbocycles. The van der Waals surface area contributed by atoms with Gasteiger partial charge in [-0.3, -0.25) is 4.79 Å². The molecule has 0 saturated carbocycles. The number of amides is 1. The van der Waals surface area contributed by atoms with E-state index in [0.29, 0.717) is 11.5 Å². The Kier molecular flexibility index (Phi) is 3.11. The standard InChI is InChI=1S/C14H14N2OS2/c1-8-2-3-9-7-16(14(17)10(9)6-8)11-4-5-12(18)15-13(11)19/h2-3,6,11H,4-5,7H2,1H3,(H,15,18,19). The molecule has 0 aromatic heterocycles. The SMILES string of the molecule is Cc1ccc2c(c1)C(=O)N(C1CCC(=S)NC1=S)C2. The molecule has 1 atom stereocenters. The van der Waals surface area contributed by atoms with Crippen molar-refractivity contribution in [2.45, 2.75) is 32.4 Å². The predicted octanol–water partition coefficient (Wildman–Crippen LogP) is 2.36.